The van der Waals surface area contributed by atoms with Gasteiger partial charge in [-0.15, -0.1) is 11.3 Å². The normalized spacial score (nSPS) is 10.2. The first-order chi connectivity index (χ1) is 8.31. The fourth-order valence-electron chi connectivity index (χ4n) is 1.52. The van der Waals surface area contributed by atoms with Crippen LogP contribution in [0.1, 0.15) is 23.0 Å². The van der Waals surface area contributed by atoms with E-state index in [1.807, 2.05) is 19.1 Å². The Morgan fingerprint density at radius 1 is 1.41 bits per heavy atom. The highest BCUT2D eigenvalue weighted by Crippen LogP contribution is 2.09. The summed E-state index contributed by atoms with van der Waals surface area (Å²) in [5, 5.41) is 1.78. The number of hydrogen-bond donors (Lipinski definition) is 0. The number of pyridine rings is 1. The first-order valence-electron chi connectivity index (χ1n) is 5.37. The molecule has 2 aromatic rings. The molecule has 0 atom stereocenters. The van der Waals surface area contributed by atoms with E-state index in [-0.39, 0.29) is 5.91 Å². The topological polar surface area (TPSA) is 46.1 Å². The van der Waals surface area contributed by atoms with Crippen molar-refractivity contribution in [1.29, 1.82) is 0 Å². The van der Waals surface area contributed by atoms with Gasteiger partial charge >= 0.3 is 0 Å². The van der Waals surface area contributed by atoms with Gasteiger partial charge in [-0.25, -0.2) is 4.98 Å². The highest BCUT2D eigenvalue weighted by atomic mass is 32.1. The van der Waals surface area contributed by atoms with Gasteiger partial charge in [0.1, 0.15) is 5.69 Å². The van der Waals surface area contributed by atoms with Gasteiger partial charge in [-0.3, -0.25) is 9.78 Å². The number of nitrogens with zero attached hydrogens (tertiary/aromatic N) is 3. The van der Waals surface area contributed by atoms with E-state index in [0.29, 0.717) is 18.8 Å². The van der Waals surface area contributed by atoms with Crippen LogP contribution in [0, 0.1) is 0 Å². The summed E-state index contributed by atoms with van der Waals surface area (Å²) in [7, 11) is 0. The van der Waals surface area contributed by atoms with Crippen molar-refractivity contribution >= 4 is 17.2 Å². The van der Waals surface area contributed by atoms with Crippen LogP contribution in [-0.4, -0.2) is 27.3 Å². The van der Waals surface area contributed by atoms with Gasteiger partial charge in [0.25, 0.3) is 5.91 Å². The Morgan fingerprint density at radius 2 is 2.18 bits per heavy atom. The minimum absolute atomic E-state index is 0.0226. The molecule has 0 bridgehead atoms. The maximum Gasteiger partial charge on any atom is 0.273 e. The fourth-order valence-corrected chi connectivity index (χ4v) is 2.04. The Hall–Kier alpha value is -1.75. The van der Waals surface area contributed by atoms with E-state index >= 15 is 0 Å². The van der Waals surface area contributed by atoms with Crippen LogP contribution in [0.2, 0.25) is 0 Å². The average molecular weight is 247 g/mol. The maximum absolute atomic E-state index is 12.1. The molecule has 88 valence electrons. The molecule has 0 radical (unpaired) electrons. The van der Waals surface area contributed by atoms with Crippen molar-refractivity contribution in [3.8, 4) is 0 Å². The lowest BCUT2D eigenvalue weighted by Crippen LogP contribution is -2.30. The van der Waals surface area contributed by atoms with Crippen molar-refractivity contribution in [3.05, 3.63) is 46.7 Å². The van der Waals surface area contributed by atoms with E-state index < -0.39 is 0 Å². The summed E-state index contributed by atoms with van der Waals surface area (Å²) in [6, 6.07) is 3.83. The second kappa shape index (κ2) is 5.54. The molecule has 0 saturated carbocycles. The summed E-state index contributed by atoms with van der Waals surface area (Å²) in [5.74, 6) is -0.0226. The Morgan fingerprint density at radius 3 is 2.76 bits per heavy atom. The Balaban J connectivity index is 2.10. The minimum atomic E-state index is -0.0226. The molecule has 2 heterocycles. The molecule has 4 nitrogen and oxygen atoms in total. The first-order valence-corrected chi connectivity index (χ1v) is 6.32. The van der Waals surface area contributed by atoms with Gasteiger partial charge in [0.2, 0.25) is 0 Å². The van der Waals surface area contributed by atoms with Crippen molar-refractivity contribution in [2.75, 3.05) is 6.54 Å². The molecule has 0 aliphatic carbocycles. The largest absolute Gasteiger partial charge is 0.333 e. The lowest BCUT2D eigenvalue weighted by Gasteiger charge is -2.19. The van der Waals surface area contributed by atoms with Crippen LogP contribution in [0.5, 0.6) is 0 Å². The number of aromatic nitrogens is 2. The second-order valence-corrected chi connectivity index (χ2v) is 4.27. The zero-order chi connectivity index (χ0) is 12.1. The molecule has 17 heavy (non-hydrogen) atoms. The minimum Gasteiger partial charge on any atom is -0.333 e. The monoisotopic (exact) mass is 247 g/mol. The maximum atomic E-state index is 12.1. The van der Waals surface area contributed by atoms with E-state index in [9.17, 15) is 4.79 Å². The zero-order valence-corrected chi connectivity index (χ0v) is 10.4. The smallest absolute Gasteiger partial charge is 0.273 e. The van der Waals surface area contributed by atoms with E-state index in [0.717, 1.165) is 5.56 Å². The molecule has 0 unspecified atom stereocenters. The molecular weight excluding hydrogens is 234 g/mol. The van der Waals surface area contributed by atoms with Gasteiger partial charge in [0, 0.05) is 30.9 Å². The van der Waals surface area contributed by atoms with Crippen LogP contribution in [0.3, 0.4) is 0 Å². The fraction of sp³-hybridized carbons (Fsp3) is 0.250. The molecule has 0 fully saturated rings. The van der Waals surface area contributed by atoms with Crippen molar-refractivity contribution in [3.63, 3.8) is 0 Å². The van der Waals surface area contributed by atoms with Crippen LogP contribution in [0.25, 0.3) is 0 Å². The third kappa shape index (κ3) is 2.88. The Kier molecular flexibility index (Phi) is 3.82. The molecule has 2 aromatic heterocycles. The van der Waals surface area contributed by atoms with Crippen LogP contribution in [0.4, 0.5) is 0 Å². The number of amides is 1. The predicted octanol–water partition coefficient (Wildman–Crippen LogP) is 2.20. The van der Waals surface area contributed by atoms with Crippen LogP contribution >= 0.6 is 11.3 Å². The third-order valence-electron chi connectivity index (χ3n) is 2.44. The Bertz CT molecular complexity index is 470. The molecule has 1 amide bonds. The number of rotatable bonds is 4. The van der Waals surface area contributed by atoms with Crippen molar-refractivity contribution in [1.82, 2.24) is 14.9 Å². The molecule has 0 N–H and O–H groups in total. The molecule has 0 saturated heterocycles. The molecule has 0 aliphatic rings. The van der Waals surface area contributed by atoms with Gasteiger partial charge in [0.15, 0.2) is 0 Å². The molecule has 0 spiro atoms. The molecule has 0 aromatic carbocycles. The summed E-state index contributed by atoms with van der Waals surface area (Å²) in [6.45, 7) is 3.22. The van der Waals surface area contributed by atoms with E-state index in [2.05, 4.69) is 9.97 Å². The van der Waals surface area contributed by atoms with Crippen LogP contribution in [0.15, 0.2) is 35.4 Å². The zero-order valence-electron chi connectivity index (χ0n) is 9.54. The second-order valence-electron chi connectivity index (χ2n) is 3.55. The van der Waals surface area contributed by atoms with E-state index in [1.165, 1.54) is 11.3 Å². The Labute approximate surface area is 104 Å². The lowest BCUT2D eigenvalue weighted by atomic mass is 10.2. The number of carbonyl (C=O) groups is 1. The van der Waals surface area contributed by atoms with Crippen molar-refractivity contribution in [2.24, 2.45) is 0 Å². The molecule has 0 aliphatic heterocycles. The third-order valence-corrected chi connectivity index (χ3v) is 3.03. The first kappa shape index (κ1) is 11.7. The van der Waals surface area contributed by atoms with Crippen molar-refractivity contribution in [2.45, 2.75) is 13.5 Å². The van der Waals surface area contributed by atoms with Gasteiger partial charge in [-0.1, -0.05) is 0 Å². The van der Waals surface area contributed by atoms with Gasteiger partial charge in [0.05, 0.1) is 5.51 Å². The summed E-state index contributed by atoms with van der Waals surface area (Å²) >= 11 is 1.43. The predicted molar refractivity (Wildman–Crippen MR) is 66.8 cm³/mol. The van der Waals surface area contributed by atoms with Crippen LogP contribution in [-0.2, 0) is 6.54 Å². The van der Waals surface area contributed by atoms with Crippen molar-refractivity contribution < 1.29 is 4.79 Å². The quantitative estimate of drug-likeness (QED) is 0.832. The summed E-state index contributed by atoms with van der Waals surface area (Å²) in [4.78, 5) is 21.9. The molecule has 5 heteroatoms. The number of hydrogen-bond acceptors (Lipinski definition) is 4. The number of thiazole rings is 1. The summed E-state index contributed by atoms with van der Waals surface area (Å²) < 4.78 is 0. The standard InChI is InChI=1S/C12H13N3OS/c1-2-15(7-10-3-5-13-6-4-10)12(16)11-8-17-9-14-11/h3-6,8-9H,2,7H2,1H3. The van der Waals surface area contributed by atoms with E-state index in [4.69, 9.17) is 0 Å². The molecule has 2 rings (SSSR count). The van der Waals surface area contributed by atoms with Gasteiger partial charge in [-0.05, 0) is 24.6 Å². The summed E-state index contributed by atoms with van der Waals surface area (Å²) in [5.41, 5.74) is 3.27. The number of carbonyl (C=O) groups excluding carboxylic acids is 1. The highest BCUT2D eigenvalue weighted by molar-refractivity contribution is 7.07. The van der Waals surface area contributed by atoms with E-state index in [1.54, 1.807) is 28.2 Å². The van der Waals surface area contributed by atoms with Gasteiger partial charge < -0.3 is 4.90 Å². The van der Waals surface area contributed by atoms with Crippen LogP contribution < -0.4 is 0 Å². The average Bonchev–Trinajstić information content (AvgIpc) is 2.90. The summed E-state index contributed by atoms with van der Waals surface area (Å²) in [6.07, 6.45) is 3.47. The molecular formula is C12H13N3OS. The SMILES string of the molecule is CCN(Cc1ccncc1)C(=O)c1cscn1. The lowest BCUT2D eigenvalue weighted by molar-refractivity contribution is 0.0747. The highest BCUT2D eigenvalue weighted by Gasteiger charge is 2.15. The van der Waals surface area contributed by atoms with Gasteiger partial charge in [-0.2, -0.15) is 0 Å².